The molecule has 0 radical (unpaired) electrons. The topological polar surface area (TPSA) is 94.8 Å². The number of hydrogen-bond acceptors (Lipinski definition) is 7. The summed E-state index contributed by atoms with van der Waals surface area (Å²) >= 11 is 1.42. The van der Waals surface area contributed by atoms with Crippen LogP contribution in [0.4, 0.5) is 10.8 Å². The minimum atomic E-state index is -0.454. The second-order valence-corrected chi connectivity index (χ2v) is 8.11. The van der Waals surface area contributed by atoms with Crippen LogP contribution in [0.2, 0.25) is 0 Å². The lowest BCUT2D eigenvalue weighted by atomic mass is 10.2. The first-order chi connectivity index (χ1) is 15.0. The van der Waals surface area contributed by atoms with E-state index in [1.807, 2.05) is 18.2 Å². The molecule has 0 bridgehead atoms. The molecule has 2 aromatic carbocycles. The van der Waals surface area contributed by atoms with E-state index < -0.39 is 4.92 Å². The average Bonchev–Trinajstić information content (AvgIpc) is 3.44. The molecule has 1 unspecified atom stereocenters. The number of aromatic nitrogens is 1. The van der Waals surface area contributed by atoms with Gasteiger partial charge < -0.3 is 9.47 Å². The number of fused-ring (bicyclic) bond motifs is 1. The van der Waals surface area contributed by atoms with E-state index in [2.05, 4.69) is 4.98 Å². The van der Waals surface area contributed by atoms with Crippen molar-refractivity contribution in [3.8, 4) is 5.75 Å². The predicted octanol–water partition coefficient (Wildman–Crippen LogP) is 4.44. The Morgan fingerprint density at radius 2 is 2.16 bits per heavy atom. The largest absolute Gasteiger partial charge is 0.497 e. The molecule has 1 saturated heterocycles. The van der Waals surface area contributed by atoms with Crippen molar-refractivity contribution in [2.45, 2.75) is 18.9 Å². The van der Waals surface area contributed by atoms with Gasteiger partial charge in [0, 0.05) is 24.8 Å². The van der Waals surface area contributed by atoms with Gasteiger partial charge in [0.2, 0.25) is 0 Å². The molecule has 0 spiro atoms. The van der Waals surface area contributed by atoms with Crippen molar-refractivity contribution in [2.24, 2.45) is 0 Å². The monoisotopic (exact) mass is 439 g/mol. The lowest BCUT2D eigenvalue weighted by molar-refractivity contribution is -0.384. The van der Waals surface area contributed by atoms with Gasteiger partial charge in [-0.15, -0.1) is 0 Å². The number of hydrogen-bond donors (Lipinski definition) is 0. The van der Waals surface area contributed by atoms with Gasteiger partial charge in [-0.05, 0) is 54.8 Å². The summed E-state index contributed by atoms with van der Waals surface area (Å²) in [6, 6.07) is 11.6. The normalized spacial score (nSPS) is 16.1. The molecule has 1 fully saturated rings. The number of carbonyl (C=O) groups excluding carboxylic acids is 1. The molecule has 1 aromatic heterocycles. The maximum Gasteiger partial charge on any atom is 0.269 e. The fourth-order valence-electron chi connectivity index (χ4n) is 3.35. The molecule has 1 atom stereocenters. The fourth-order valence-corrected chi connectivity index (χ4v) is 4.36. The number of ether oxygens (including phenoxy) is 2. The minimum Gasteiger partial charge on any atom is -0.497 e. The maximum absolute atomic E-state index is 13.1. The fraction of sp³-hybridized carbons (Fsp3) is 0.273. The Morgan fingerprint density at radius 1 is 1.35 bits per heavy atom. The Kier molecular flexibility index (Phi) is 6.24. The number of carbonyl (C=O) groups is 1. The van der Waals surface area contributed by atoms with Crippen molar-refractivity contribution >= 4 is 44.4 Å². The van der Waals surface area contributed by atoms with Crippen molar-refractivity contribution in [2.75, 3.05) is 25.2 Å². The third-order valence-corrected chi connectivity index (χ3v) is 6.05. The molecule has 0 saturated carbocycles. The number of non-ortho nitro benzene ring substituents is 1. The number of nitrogens with zero attached hydrogens (tertiary/aromatic N) is 3. The summed E-state index contributed by atoms with van der Waals surface area (Å²) in [5.41, 5.74) is 1.50. The molecule has 1 amide bonds. The minimum absolute atomic E-state index is 0.00777. The highest BCUT2D eigenvalue weighted by atomic mass is 32.1. The van der Waals surface area contributed by atoms with E-state index in [0.717, 1.165) is 28.8 Å². The molecular formula is C22H21N3O5S. The SMILES string of the molecule is COc1ccc2nc(N(CC3CCCO3)C(=O)/C=C\c3ccc([N+](=O)[O-])cc3)sc2c1. The Hall–Kier alpha value is -3.30. The van der Waals surface area contributed by atoms with E-state index >= 15 is 0 Å². The Balaban J connectivity index is 1.59. The second-order valence-electron chi connectivity index (χ2n) is 7.10. The zero-order valence-corrected chi connectivity index (χ0v) is 17.7. The Labute approximate surface area is 182 Å². The zero-order valence-electron chi connectivity index (χ0n) is 16.9. The third-order valence-electron chi connectivity index (χ3n) is 5.01. The molecular weight excluding hydrogens is 418 g/mol. The van der Waals surface area contributed by atoms with E-state index in [0.29, 0.717) is 23.8 Å². The summed E-state index contributed by atoms with van der Waals surface area (Å²) < 4.78 is 12.0. The first kappa shape index (κ1) is 21.0. The van der Waals surface area contributed by atoms with E-state index in [4.69, 9.17) is 9.47 Å². The first-order valence-electron chi connectivity index (χ1n) is 9.84. The summed E-state index contributed by atoms with van der Waals surface area (Å²) in [6.07, 6.45) is 4.95. The predicted molar refractivity (Wildman–Crippen MR) is 120 cm³/mol. The number of methoxy groups -OCH3 is 1. The number of nitro benzene ring substituents is 1. The Morgan fingerprint density at radius 3 is 2.84 bits per heavy atom. The highest BCUT2D eigenvalue weighted by Gasteiger charge is 2.25. The van der Waals surface area contributed by atoms with Gasteiger partial charge in [0.05, 0.1) is 34.9 Å². The van der Waals surface area contributed by atoms with E-state index in [9.17, 15) is 14.9 Å². The molecule has 3 aromatic rings. The van der Waals surface area contributed by atoms with Crippen molar-refractivity contribution in [1.82, 2.24) is 4.98 Å². The molecule has 160 valence electrons. The van der Waals surface area contributed by atoms with Crippen LogP contribution in [0, 0.1) is 10.1 Å². The summed E-state index contributed by atoms with van der Waals surface area (Å²) in [4.78, 5) is 29.7. The van der Waals surface area contributed by atoms with E-state index in [-0.39, 0.29) is 17.7 Å². The molecule has 31 heavy (non-hydrogen) atoms. The van der Waals surface area contributed by atoms with Crippen LogP contribution in [0.15, 0.2) is 48.5 Å². The van der Waals surface area contributed by atoms with Gasteiger partial charge in [0.1, 0.15) is 5.75 Å². The van der Waals surface area contributed by atoms with Crippen LogP contribution in [0.25, 0.3) is 16.3 Å². The van der Waals surface area contributed by atoms with Crippen molar-refractivity contribution in [3.05, 3.63) is 64.2 Å². The van der Waals surface area contributed by atoms with Crippen LogP contribution in [0.5, 0.6) is 5.75 Å². The number of rotatable bonds is 7. The maximum atomic E-state index is 13.1. The quantitative estimate of drug-likeness (QED) is 0.307. The molecule has 1 aliphatic rings. The van der Waals surface area contributed by atoms with Gasteiger partial charge in [-0.2, -0.15) is 0 Å². The third kappa shape index (κ3) is 4.89. The summed E-state index contributed by atoms with van der Waals surface area (Å²) in [7, 11) is 1.61. The number of anilines is 1. The molecule has 8 nitrogen and oxygen atoms in total. The number of benzene rings is 2. The lowest BCUT2D eigenvalue weighted by Gasteiger charge is -2.21. The molecule has 0 N–H and O–H groups in total. The average molecular weight is 439 g/mol. The number of thiazole rings is 1. The van der Waals surface area contributed by atoms with E-state index in [1.54, 1.807) is 30.2 Å². The number of amides is 1. The van der Waals surface area contributed by atoms with Crippen LogP contribution in [-0.4, -0.2) is 42.2 Å². The zero-order chi connectivity index (χ0) is 21.8. The van der Waals surface area contributed by atoms with Gasteiger partial charge in [-0.1, -0.05) is 11.3 Å². The second kappa shape index (κ2) is 9.23. The van der Waals surface area contributed by atoms with Crippen LogP contribution >= 0.6 is 11.3 Å². The van der Waals surface area contributed by atoms with Crippen molar-refractivity contribution in [3.63, 3.8) is 0 Å². The molecule has 0 aliphatic carbocycles. The molecule has 9 heteroatoms. The highest BCUT2D eigenvalue weighted by molar-refractivity contribution is 7.22. The van der Waals surface area contributed by atoms with Gasteiger partial charge in [-0.25, -0.2) is 4.98 Å². The number of nitro groups is 1. The van der Waals surface area contributed by atoms with Gasteiger partial charge in [-0.3, -0.25) is 19.8 Å². The standard InChI is InChI=1S/C22H21N3O5S/c1-29-17-9-10-19-20(13-17)31-22(23-19)24(14-18-3-2-12-30-18)21(26)11-6-15-4-7-16(8-5-15)25(27)28/h4-11,13,18H,2-3,12,14H2,1H3/b11-6-. The summed E-state index contributed by atoms with van der Waals surface area (Å²) in [6.45, 7) is 1.11. The lowest BCUT2D eigenvalue weighted by Crippen LogP contribution is -2.36. The smallest absolute Gasteiger partial charge is 0.269 e. The summed E-state index contributed by atoms with van der Waals surface area (Å²) in [5.74, 6) is 0.512. The van der Waals surface area contributed by atoms with Crippen molar-refractivity contribution < 1.29 is 19.2 Å². The van der Waals surface area contributed by atoms with Gasteiger partial charge >= 0.3 is 0 Å². The molecule has 4 rings (SSSR count). The van der Waals surface area contributed by atoms with Gasteiger partial charge in [0.15, 0.2) is 5.13 Å². The highest BCUT2D eigenvalue weighted by Crippen LogP contribution is 2.32. The Bertz CT molecular complexity index is 1120. The van der Waals surface area contributed by atoms with Gasteiger partial charge in [0.25, 0.3) is 11.6 Å². The molecule has 2 heterocycles. The summed E-state index contributed by atoms with van der Waals surface area (Å²) in [5, 5.41) is 11.4. The molecule has 1 aliphatic heterocycles. The van der Waals surface area contributed by atoms with Crippen LogP contribution < -0.4 is 9.64 Å². The van der Waals surface area contributed by atoms with Crippen molar-refractivity contribution in [1.29, 1.82) is 0 Å². The van der Waals surface area contributed by atoms with Crippen LogP contribution in [0.1, 0.15) is 18.4 Å². The van der Waals surface area contributed by atoms with Crippen LogP contribution in [0.3, 0.4) is 0 Å². The van der Waals surface area contributed by atoms with Crippen LogP contribution in [-0.2, 0) is 9.53 Å². The van der Waals surface area contributed by atoms with E-state index in [1.165, 1.54) is 29.5 Å². The first-order valence-corrected chi connectivity index (χ1v) is 10.7.